The molecule has 0 amide bonds. The van der Waals surface area contributed by atoms with Gasteiger partial charge in [-0.3, -0.25) is 0 Å². The topological polar surface area (TPSA) is 30.5 Å². The van der Waals surface area contributed by atoms with Gasteiger partial charge in [-0.15, -0.1) is 0 Å². The van der Waals surface area contributed by atoms with Crippen LogP contribution in [0, 0.1) is 5.92 Å². The Bertz CT molecular complexity index is 427. The quantitative estimate of drug-likeness (QED) is 0.854. The molecule has 1 aromatic carbocycles. The zero-order chi connectivity index (χ0) is 14.5. The highest BCUT2D eigenvalue weighted by Gasteiger charge is 2.23. The van der Waals surface area contributed by atoms with Crippen molar-refractivity contribution in [3.63, 3.8) is 0 Å². The van der Waals surface area contributed by atoms with Crippen LogP contribution in [0.3, 0.4) is 0 Å². The molecule has 0 heterocycles. The Morgan fingerprint density at radius 3 is 2.40 bits per heavy atom. The number of rotatable bonds is 6. The lowest BCUT2D eigenvalue weighted by molar-refractivity contribution is 0.342. The molecule has 3 heteroatoms. The van der Waals surface area contributed by atoms with Gasteiger partial charge < -0.3 is 14.8 Å². The van der Waals surface area contributed by atoms with Crippen molar-refractivity contribution in [2.45, 2.75) is 51.6 Å². The van der Waals surface area contributed by atoms with Crippen LogP contribution < -0.4 is 14.8 Å². The van der Waals surface area contributed by atoms with Crippen LogP contribution in [0.4, 0.5) is 0 Å². The lowest BCUT2D eigenvalue weighted by atomic mass is 9.97. The van der Waals surface area contributed by atoms with Gasteiger partial charge in [0.2, 0.25) is 0 Å². The van der Waals surface area contributed by atoms with Crippen molar-refractivity contribution >= 4 is 0 Å². The summed E-state index contributed by atoms with van der Waals surface area (Å²) in [5.74, 6) is 2.55. The summed E-state index contributed by atoms with van der Waals surface area (Å²) in [7, 11) is 3.39. The van der Waals surface area contributed by atoms with Crippen LogP contribution in [0.1, 0.15) is 51.1 Å². The van der Waals surface area contributed by atoms with Gasteiger partial charge in [0, 0.05) is 23.7 Å². The van der Waals surface area contributed by atoms with E-state index in [1.165, 1.54) is 31.2 Å². The van der Waals surface area contributed by atoms with Crippen molar-refractivity contribution in [2.24, 2.45) is 5.92 Å². The van der Waals surface area contributed by atoms with Crippen molar-refractivity contribution in [1.82, 2.24) is 5.32 Å². The van der Waals surface area contributed by atoms with Gasteiger partial charge in [0.1, 0.15) is 11.5 Å². The van der Waals surface area contributed by atoms with Crippen molar-refractivity contribution in [1.29, 1.82) is 0 Å². The van der Waals surface area contributed by atoms with Crippen LogP contribution in [0.2, 0.25) is 0 Å². The molecule has 20 heavy (non-hydrogen) atoms. The maximum absolute atomic E-state index is 5.50. The van der Waals surface area contributed by atoms with E-state index in [1.807, 2.05) is 12.1 Å². The summed E-state index contributed by atoms with van der Waals surface area (Å²) < 4.78 is 10.7. The number of ether oxygens (including phenoxy) is 2. The smallest absolute Gasteiger partial charge is 0.127 e. The normalized spacial score (nSPS) is 18.8. The Morgan fingerprint density at radius 1 is 1.10 bits per heavy atom. The molecular formula is C17H27NO2. The molecule has 1 N–H and O–H groups in total. The van der Waals surface area contributed by atoms with E-state index >= 15 is 0 Å². The second-order valence-corrected chi connectivity index (χ2v) is 5.83. The van der Waals surface area contributed by atoms with E-state index in [2.05, 4.69) is 25.2 Å². The van der Waals surface area contributed by atoms with Gasteiger partial charge in [-0.1, -0.05) is 18.9 Å². The summed E-state index contributed by atoms with van der Waals surface area (Å²) in [5, 5.41) is 3.73. The lowest BCUT2D eigenvalue weighted by Gasteiger charge is -2.26. The van der Waals surface area contributed by atoms with Crippen LogP contribution in [-0.2, 0) is 0 Å². The van der Waals surface area contributed by atoms with E-state index in [1.54, 1.807) is 14.2 Å². The van der Waals surface area contributed by atoms with Crippen molar-refractivity contribution in [3.05, 3.63) is 23.8 Å². The Morgan fingerprint density at radius 2 is 1.80 bits per heavy atom. The average Bonchev–Trinajstić information content (AvgIpc) is 3.00. The van der Waals surface area contributed by atoms with Gasteiger partial charge in [0.05, 0.1) is 14.2 Å². The first-order valence-corrected chi connectivity index (χ1v) is 7.63. The van der Waals surface area contributed by atoms with Crippen LogP contribution in [0.25, 0.3) is 0 Å². The first kappa shape index (κ1) is 15.2. The minimum atomic E-state index is 0.284. The van der Waals surface area contributed by atoms with Gasteiger partial charge in [0.15, 0.2) is 0 Å². The molecule has 0 aromatic heterocycles. The van der Waals surface area contributed by atoms with Gasteiger partial charge in [-0.05, 0) is 38.7 Å². The highest BCUT2D eigenvalue weighted by molar-refractivity contribution is 5.42. The third-order valence-corrected chi connectivity index (χ3v) is 4.53. The van der Waals surface area contributed by atoms with Gasteiger partial charge in [-0.25, -0.2) is 0 Å². The Labute approximate surface area is 122 Å². The average molecular weight is 277 g/mol. The zero-order valence-electron chi connectivity index (χ0n) is 13.1. The predicted octanol–water partition coefficient (Wildman–Crippen LogP) is 3.93. The van der Waals surface area contributed by atoms with Crippen LogP contribution >= 0.6 is 0 Å². The zero-order valence-corrected chi connectivity index (χ0v) is 13.1. The molecule has 2 rings (SSSR count). The Hall–Kier alpha value is -1.22. The minimum Gasteiger partial charge on any atom is -0.497 e. The summed E-state index contributed by atoms with van der Waals surface area (Å²) in [6.07, 6.45) is 5.50. The summed E-state index contributed by atoms with van der Waals surface area (Å²) in [5.41, 5.74) is 1.19. The molecule has 0 bridgehead atoms. The first-order chi connectivity index (χ1) is 9.65. The van der Waals surface area contributed by atoms with E-state index in [4.69, 9.17) is 9.47 Å². The molecule has 0 saturated heterocycles. The second kappa shape index (κ2) is 6.98. The fraction of sp³-hybridized carbons (Fsp3) is 0.647. The van der Waals surface area contributed by atoms with Crippen LogP contribution in [0.5, 0.6) is 11.5 Å². The number of hydrogen-bond donors (Lipinski definition) is 1. The molecule has 1 aliphatic rings. The minimum absolute atomic E-state index is 0.284. The molecule has 1 fully saturated rings. The molecule has 112 valence electrons. The summed E-state index contributed by atoms with van der Waals surface area (Å²) in [4.78, 5) is 0. The van der Waals surface area contributed by atoms with Crippen LogP contribution in [0.15, 0.2) is 18.2 Å². The van der Waals surface area contributed by atoms with E-state index in [-0.39, 0.29) is 6.04 Å². The highest BCUT2D eigenvalue weighted by atomic mass is 16.5. The summed E-state index contributed by atoms with van der Waals surface area (Å²) in [6.45, 7) is 4.51. The number of benzene rings is 1. The lowest BCUT2D eigenvalue weighted by Crippen LogP contribution is -2.34. The fourth-order valence-electron chi connectivity index (χ4n) is 3.25. The van der Waals surface area contributed by atoms with Crippen molar-refractivity contribution in [2.75, 3.05) is 14.2 Å². The monoisotopic (exact) mass is 277 g/mol. The van der Waals surface area contributed by atoms with Gasteiger partial charge in [-0.2, -0.15) is 0 Å². The van der Waals surface area contributed by atoms with Crippen LogP contribution in [-0.4, -0.2) is 20.3 Å². The molecule has 2 atom stereocenters. The number of methoxy groups -OCH3 is 2. The number of nitrogens with one attached hydrogen (secondary N) is 1. The standard InChI is InChI=1S/C17H27NO2/c1-12(14-7-5-6-8-14)18-13(2)16-10-9-15(19-3)11-17(16)20-4/h9-14,18H,5-8H2,1-4H3/t12-,13?/m1/s1. The van der Waals surface area contributed by atoms with E-state index in [9.17, 15) is 0 Å². The largest absolute Gasteiger partial charge is 0.497 e. The molecule has 1 saturated carbocycles. The Kier molecular flexibility index (Phi) is 5.30. The maximum Gasteiger partial charge on any atom is 0.127 e. The third kappa shape index (κ3) is 3.45. The van der Waals surface area contributed by atoms with E-state index in [0.717, 1.165) is 17.4 Å². The molecule has 0 radical (unpaired) electrons. The van der Waals surface area contributed by atoms with Crippen molar-refractivity contribution < 1.29 is 9.47 Å². The van der Waals surface area contributed by atoms with Crippen molar-refractivity contribution in [3.8, 4) is 11.5 Å². The molecule has 0 spiro atoms. The van der Waals surface area contributed by atoms with Gasteiger partial charge in [0.25, 0.3) is 0 Å². The SMILES string of the molecule is COc1ccc(C(C)N[C@H](C)C2CCCC2)c(OC)c1. The Balaban J connectivity index is 2.05. The van der Waals surface area contributed by atoms with E-state index < -0.39 is 0 Å². The molecular weight excluding hydrogens is 250 g/mol. The molecule has 1 unspecified atom stereocenters. The molecule has 0 aliphatic heterocycles. The molecule has 1 aliphatic carbocycles. The predicted molar refractivity (Wildman–Crippen MR) is 82.5 cm³/mol. The second-order valence-electron chi connectivity index (χ2n) is 5.83. The third-order valence-electron chi connectivity index (χ3n) is 4.53. The fourth-order valence-corrected chi connectivity index (χ4v) is 3.25. The summed E-state index contributed by atoms with van der Waals surface area (Å²) in [6, 6.07) is 6.88. The van der Waals surface area contributed by atoms with E-state index in [0.29, 0.717) is 6.04 Å². The number of hydrogen-bond acceptors (Lipinski definition) is 3. The molecule has 1 aromatic rings. The molecule has 3 nitrogen and oxygen atoms in total. The van der Waals surface area contributed by atoms with Gasteiger partial charge >= 0.3 is 0 Å². The maximum atomic E-state index is 5.50. The summed E-state index contributed by atoms with van der Waals surface area (Å²) >= 11 is 0. The first-order valence-electron chi connectivity index (χ1n) is 7.63. The highest BCUT2D eigenvalue weighted by Crippen LogP contribution is 2.32.